The van der Waals surface area contributed by atoms with Crippen LogP contribution in [0.4, 0.5) is 14.5 Å². The van der Waals surface area contributed by atoms with Crippen molar-refractivity contribution >= 4 is 38.3 Å². The maximum absolute atomic E-state index is 14.7. The minimum absolute atomic E-state index is 0.0947. The van der Waals surface area contributed by atoms with Crippen LogP contribution >= 0.6 is 0 Å². The number of sulfonamides is 1. The van der Waals surface area contributed by atoms with Crippen molar-refractivity contribution in [2.24, 2.45) is 0 Å². The van der Waals surface area contributed by atoms with Gasteiger partial charge in [-0.3, -0.25) is 9.10 Å². The lowest BCUT2D eigenvalue weighted by molar-refractivity contribution is 0.0964. The molecule has 0 saturated heterocycles. The molecule has 10 heteroatoms. The Morgan fingerprint density at radius 2 is 1.88 bits per heavy atom. The minimum Gasteiger partial charge on any atom is -0.455 e. The molecule has 1 aliphatic rings. The van der Waals surface area contributed by atoms with Gasteiger partial charge in [-0.05, 0) is 36.4 Å². The Morgan fingerprint density at radius 1 is 1.18 bits per heavy atom. The van der Waals surface area contributed by atoms with E-state index in [1.807, 2.05) is 0 Å². The summed E-state index contributed by atoms with van der Waals surface area (Å²) in [5, 5.41) is 5.84. The number of hydrogen-bond acceptors (Lipinski definition) is 5. The number of amides is 1. The molecule has 0 atom stereocenters. The fourth-order valence-corrected chi connectivity index (χ4v) is 4.15. The molecule has 0 unspecified atom stereocenters. The van der Waals surface area contributed by atoms with Crippen molar-refractivity contribution in [1.29, 1.82) is 0 Å². The van der Waals surface area contributed by atoms with Gasteiger partial charge in [0.05, 0.1) is 23.2 Å². The number of anilines is 1. The molecule has 2 heterocycles. The summed E-state index contributed by atoms with van der Waals surface area (Å²) < 4.78 is 59.8. The van der Waals surface area contributed by atoms with Crippen molar-refractivity contribution in [3.8, 4) is 11.3 Å². The van der Waals surface area contributed by atoms with Crippen LogP contribution in [0.1, 0.15) is 15.9 Å². The Bertz CT molecular complexity index is 1420. The number of furan rings is 1. The Kier molecular flexibility index (Phi) is 5.71. The van der Waals surface area contributed by atoms with E-state index in [2.05, 4.69) is 10.6 Å². The van der Waals surface area contributed by atoms with Crippen molar-refractivity contribution in [1.82, 2.24) is 10.6 Å². The maximum Gasteiger partial charge on any atom is 0.255 e. The van der Waals surface area contributed by atoms with Crippen molar-refractivity contribution in [2.75, 3.05) is 31.2 Å². The highest BCUT2D eigenvalue weighted by molar-refractivity contribution is 7.92. The molecule has 0 bridgehead atoms. The molecular weight excluding hydrogens is 452 g/mol. The van der Waals surface area contributed by atoms with Gasteiger partial charge in [-0.15, -0.1) is 0 Å². The lowest BCUT2D eigenvalue weighted by atomic mass is 10.00. The quantitative estimate of drug-likeness (QED) is 0.588. The molecule has 2 aromatic carbocycles. The van der Waals surface area contributed by atoms with Gasteiger partial charge in [0.2, 0.25) is 10.0 Å². The van der Waals surface area contributed by atoms with Gasteiger partial charge in [0.15, 0.2) is 0 Å². The molecule has 33 heavy (non-hydrogen) atoms. The molecule has 172 valence electrons. The Labute approximate surface area is 189 Å². The summed E-state index contributed by atoms with van der Waals surface area (Å²) in [5.74, 6) is -1.31. The molecule has 1 aliphatic heterocycles. The second-order valence-corrected chi connectivity index (χ2v) is 9.51. The number of halogens is 2. The predicted molar refractivity (Wildman–Crippen MR) is 123 cm³/mol. The first kappa shape index (κ1) is 22.5. The molecule has 7 nitrogen and oxygen atoms in total. The van der Waals surface area contributed by atoms with E-state index in [1.165, 1.54) is 56.6 Å². The second-order valence-electron chi connectivity index (χ2n) is 7.49. The lowest BCUT2D eigenvalue weighted by Crippen LogP contribution is -2.27. The third kappa shape index (κ3) is 4.09. The highest BCUT2D eigenvalue weighted by Crippen LogP contribution is 2.40. The number of rotatable bonds is 5. The minimum atomic E-state index is -3.70. The smallest absolute Gasteiger partial charge is 0.255 e. The van der Waals surface area contributed by atoms with Gasteiger partial charge in [0, 0.05) is 43.2 Å². The largest absolute Gasteiger partial charge is 0.455 e. The zero-order chi connectivity index (χ0) is 23.9. The second kappa shape index (κ2) is 8.36. The van der Waals surface area contributed by atoms with Gasteiger partial charge >= 0.3 is 0 Å². The highest BCUT2D eigenvalue weighted by Gasteiger charge is 2.27. The summed E-state index contributed by atoms with van der Waals surface area (Å²) in [7, 11) is -0.900. The molecule has 4 rings (SSSR count). The molecule has 0 saturated carbocycles. The predicted octanol–water partition coefficient (Wildman–Crippen LogP) is 3.79. The number of carbonyl (C=O) groups excluding carboxylic acids is 1. The topological polar surface area (TPSA) is 91.7 Å². The van der Waals surface area contributed by atoms with Gasteiger partial charge in [-0.1, -0.05) is 6.08 Å². The number of nitrogens with one attached hydrogen (secondary N) is 2. The van der Waals surface area contributed by atoms with Crippen LogP contribution in [0.5, 0.6) is 0 Å². The van der Waals surface area contributed by atoms with E-state index in [9.17, 15) is 22.0 Å². The van der Waals surface area contributed by atoms with Gasteiger partial charge in [-0.2, -0.15) is 0 Å². The van der Waals surface area contributed by atoms with Crippen LogP contribution in [-0.2, 0) is 10.0 Å². The van der Waals surface area contributed by atoms with Crippen LogP contribution in [0.3, 0.4) is 0 Å². The van der Waals surface area contributed by atoms with E-state index in [1.54, 1.807) is 6.08 Å². The summed E-state index contributed by atoms with van der Waals surface area (Å²) >= 11 is 0. The lowest BCUT2D eigenvalue weighted by Gasteiger charge is -2.23. The number of benzene rings is 2. The van der Waals surface area contributed by atoms with E-state index in [-0.39, 0.29) is 33.9 Å². The highest BCUT2D eigenvalue weighted by atomic mass is 32.2. The molecule has 0 radical (unpaired) electrons. The first-order valence-corrected chi connectivity index (χ1v) is 11.8. The zero-order valence-corrected chi connectivity index (χ0v) is 18.9. The number of hydrogen-bond donors (Lipinski definition) is 2. The van der Waals surface area contributed by atoms with Gasteiger partial charge in [-0.25, -0.2) is 17.2 Å². The van der Waals surface area contributed by atoms with Crippen LogP contribution < -0.4 is 14.9 Å². The van der Waals surface area contributed by atoms with Gasteiger partial charge in [0.1, 0.15) is 23.0 Å². The van der Waals surface area contributed by atoms with Crippen molar-refractivity contribution in [2.45, 2.75) is 0 Å². The average molecular weight is 474 g/mol. The zero-order valence-electron chi connectivity index (χ0n) is 18.1. The summed E-state index contributed by atoms with van der Waals surface area (Å²) in [4.78, 5) is 12.8. The third-order valence-corrected chi connectivity index (χ3v) is 6.56. The SMILES string of the molecule is CNC(=O)c1c(-c2ccc(F)cc2)oc2cc(N(C)S(C)(=O)=O)c(C3=C(F)C=CCN3)cc12. The molecule has 0 spiro atoms. The summed E-state index contributed by atoms with van der Waals surface area (Å²) in [6.45, 7) is 0.345. The molecular formula is C23H21F2N3O4S. The van der Waals surface area contributed by atoms with Crippen LogP contribution in [0, 0.1) is 5.82 Å². The average Bonchev–Trinajstić information content (AvgIpc) is 3.15. The molecule has 0 aliphatic carbocycles. The monoisotopic (exact) mass is 473 g/mol. The van der Waals surface area contributed by atoms with Crippen LogP contribution in [0.25, 0.3) is 28.0 Å². The van der Waals surface area contributed by atoms with E-state index < -0.39 is 27.6 Å². The summed E-state index contributed by atoms with van der Waals surface area (Å²) in [6, 6.07) is 8.39. The molecule has 1 amide bonds. The van der Waals surface area contributed by atoms with Crippen molar-refractivity contribution in [3.63, 3.8) is 0 Å². The fraction of sp³-hybridized carbons (Fsp3) is 0.174. The molecule has 0 fully saturated rings. The number of nitrogens with zero attached hydrogens (tertiary/aromatic N) is 1. The van der Waals surface area contributed by atoms with E-state index in [0.29, 0.717) is 17.5 Å². The van der Waals surface area contributed by atoms with Crippen molar-refractivity contribution < 1.29 is 26.4 Å². The first-order valence-electron chi connectivity index (χ1n) is 9.95. The van der Waals surface area contributed by atoms with Gasteiger partial charge < -0.3 is 15.1 Å². The van der Waals surface area contributed by atoms with Crippen molar-refractivity contribution in [3.05, 3.63) is 71.3 Å². The summed E-state index contributed by atoms with van der Waals surface area (Å²) in [5.41, 5.74) is 1.35. The van der Waals surface area contributed by atoms with E-state index in [0.717, 1.165) is 10.6 Å². The van der Waals surface area contributed by atoms with Crippen LogP contribution in [-0.4, -0.2) is 41.2 Å². The fourth-order valence-electron chi connectivity index (χ4n) is 3.64. The Balaban J connectivity index is 2.08. The van der Waals surface area contributed by atoms with Gasteiger partial charge in [0.25, 0.3) is 5.91 Å². The summed E-state index contributed by atoms with van der Waals surface area (Å²) in [6.07, 6.45) is 3.92. The molecule has 3 aromatic rings. The number of carbonyl (C=O) groups is 1. The normalized spacial score (nSPS) is 13.8. The Hall–Kier alpha value is -3.66. The molecule has 2 N–H and O–H groups in total. The van der Waals surface area contributed by atoms with Crippen LogP contribution in [0.2, 0.25) is 0 Å². The Morgan fingerprint density at radius 3 is 2.48 bits per heavy atom. The third-order valence-electron chi connectivity index (χ3n) is 5.37. The standard InChI is InChI=1S/C23H21F2N3O4S/c1-26-23(29)20-16-11-15(21-17(25)5-4-10-27-21)18(28(2)33(3,30)31)12-19(16)32-22(20)13-6-8-14(24)9-7-13/h4-9,11-12,27H,10H2,1-3H3,(H,26,29). The first-order chi connectivity index (χ1) is 15.6. The molecule has 1 aromatic heterocycles. The van der Waals surface area contributed by atoms with Crippen LogP contribution in [0.15, 0.2) is 58.8 Å². The number of fused-ring (bicyclic) bond motifs is 1. The van der Waals surface area contributed by atoms with E-state index in [4.69, 9.17) is 4.42 Å². The maximum atomic E-state index is 14.7. The number of dihydropyridines is 1. The van der Waals surface area contributed by atoms with E-state index >= 15 is 0 Å². The number of allylic oxidation sites excluding steroid dienone is 2.